The van der Waals surface area contributed by atoms with Crippen LogP contribution < -0.4 is 4.74 Å². The third kappa shape index (κ3) is 2.41. The van der Waals surface area contributed by atoms with Crippen LogP contribution in [0.5, 0.6) is 11.5 Å². The molecule has 0 spiro atoms. The molecule has 0 bridgehead atoms. The first-order chi connectivity index (χ1) is 8.65. The van der Waals surface area contributed by atoms with Crippen LogP contribution in [0.4, 0.5) is 0 Å². The van der Waals surface area contributed by atoms with Crippen LogP contribution in [0.2, 0.25) is 0 Å². The van der Waals surface area contributed by atoms with Gasteiger partial charge in [0.1, 0.15) is 0 Å². The summed E-state index contributed by atoms with van der Waals surface area (Å²) in [6.45, 7) is 0. The Morgan fingerprint density at radius 1 is 1.56 bits per heavy atom. The number of methoxy groups -OCH3 is 1. The van der Waals surface area contributed by atoms with Crippen LogP contribution in [0.3, 0.4) is 0 Å². The van der Waals surface area contributed by atoms with Crippen LogP contribution in [0.1, 0.15) is 16.8 Å². The maximum absolute atomic E-state index is 12.3. The van der Waals surface area contributed by atoms with E-state index in [1.54, 1.807) is 30.1 Å². The summed E-state index contributed by atoms with van der Waals surface area (Å²) in [5.41, 5.74) is 0.300. The van der Waals surface area contributed by atoms with Crippen molar-refractivity contribution in [3.05, 3.63) is 23.8 Å². The minimum absolute atomic E-state index is 0.0810. The molecule has 2 rings (SSSR count). The highest BCUT2D eigenvalue weighted by Crippen LogP contribution is 2.31. The standard InChI is InChI=1S/C13H17NO3S/c1-14(9-6-7-18-8-9)13(16)10-4-3-5-11(17-2)12(10)15/h3-5,9,15H,6-8H2,1-2H3. The summed E-state index contributed by atoms with van der Waals surface area (Å²) in [4.78, 5) is 14.0. The van der Waals surface area contributed by atoms with Crippen LogP contribution >= 0.6 is 11.8 Å². The fourth-order valence-corrected chi connectivity index (χ4v) is 3.31. The number of ether oxygens (including phenoxy) is 1. The van der Waals surface area contributed by atoms with Crippen LogP contribution in [0.15, 0.2) is 18.2 Å². The molecule has 1 N–H and O–H groups in total. The lowest BCUT2D eigenvalue weighted by atomic mass is 10.1. The fraction of sp³-hybridized carbons (Fsp3) is 0.462. The van der Waals surface area contributed by atoms with E-state index in [4.69, 9.17) is 4.74 Å². The lowest BCUT2D eigenvalue weighted by Gasteiger charge is -2.24. The van der Waals surface area contributed by atoms with E-state index < -0.39 is 0 Å². The van der Waals surface area contributed by atoms with Gasteiger partial charge in [0.2, 0.25) is 0 Å². The minimum Gasteiger partial charge on any atom is -0.504 e. The maximum atomic E-state index is 12.3. The number of phenols is 1. The Morgan fingerprint density at radius 2 is 2.33 bits per heavy atom. The van der Waals surface area contributed by atoms with Gasteiger partial charge < -0.3 is 14.7 Å². The SMILES string of the molecule is COc1cccc(C(=O)N(C)C2CCSC2)c1O. The van der Waals surface area contributed by atoms with E-state index in [1.807, 2.05) is 11.8 Å². The smallest absolute Gasteiger partial charge is 0.257 e. The number of phenolic OH excluding ortho intramolecular Hbond substituents is 1. The Balaban J connectivity index is 2.22. The van der Waals surface area contributed by atoms with Gasteiger partial charge >= 0.3 is 0 Å². The summed E-state index contributed by atoms with van der Waals surface area (Å²) in [6, 6.07) is 5.23. The zero-order valence-electron chi connectivity index (χ0n) is 10.5. The van der Waals surface area contributed by atoms with E-state index in [0.29, 0.717) is 11.3 Å². The third-order valence-corrected chi connectivity index (χ3v) is 4.37. The van der Waals surface area contributed by atoms with Crippen molar-refractivity contribution < 1.29 is 14.6 Å². The van der Waals surface area contributed by atoms with Gasteiger partial charge in [0.15, 0.2) is 11.5 Å². The van der Waals surface area contributed by atoms with Crippen molar-refractivity contribution in [1.29, 1.82) is 0 Å². The molecule has 1 unspecified atom stereocenters. The molecule has 4 nitrogen and oxygen atoms in total. The number of hydrogen-bond acceptors (Lipinski definition) is 4. The summed E-state index contributed by atoms with van der Waals surface area (Å²) in [5.74, 6) is 2.15. The first kappa shape index (κ1) is 13.1. The highest BCUT2D eigenvalue weighted by molar-refractivity contribution is 7.99. The number of hydrogen-bond donors (Lipinski definition) is 1. The number of para-hydroxylation sites is 1. The molecule has 1 aromatic carbocycles. The molecule has 1 aliphatic heterocycles. The number of nitrogens with zero attached hydrogens (tertiary/aromatic N) is 1. The molecule has 1 aromatic rings. The predicted molar refractivity (Wildman–Crippen MR) is 72.5 cm³/mol. The molecule has 1 amide bonds. The van der Waals surface area contributed by atoms with Crippen molar-refractivity contribution in [3.8, 4) is 11.5 Å². The number of carbonyl (C=O) groups is 1. The van der Waals surface area contributed by atoms with E-state index >= 15 is 0 Å². The Kier molecular flexibility index (Phi) is 4.01. The Morgan fingerprint density at radius 3 is 2.94 bits per heavy atom. The molecule has 1 heterocycles. The van der Waals surface area contributed by atoms with Gasteiger partial charge in [0.05, 0.1) is 12.7 Å². The van der Waals surface area contributed by atoms with Crippen molar-refractivity contribution in [2.45, 2.75) is 12.5 Å². The molecule has 1 aliphatic rings. The minimum atomic E-state index is -0.154. The molecular formula is C13H17NO3S. The number of thioether (sulfide) groups is 1. The van der Waals surface area contributed by atoms with E-state index in [2.05, 4.69) is 0 Å². The number of rotatable bonds is 3. The van der Waals surface area contributed by atoms with Gasteiger partial charge in [-0.15, -0.1) is 0 Å². The number of aromatic hydroxyl groups is 1. The van der Waals surface area contributed by atoms with Gasteiger partial charge in [-0.25, -0.2) is 0 Å². The molecule has 0 saturated carbocycles. The van der Waals surface area contributed by atoms with E-state index in [-0.39, 0.29) is 17.7 Å². The lowest BCUT2D eigenvalue weighted by molar-refractivity contribution is 0.0744. The van der Waals surface area contributed by atoms with Gasteiger partial charge in [-0.2, -0.15) is 11.8 Å². The van der Waals surface area contributed by atoms with Gasteiger partial charge in [0, 0.05) is 18.8 Å². The first-order valence-corrected chi connectivity index (χ1v) is 7.01. The quantitative estimate of drug-likeness (QED) is 0.909. The zero-order chi connectivity index (χ0) is 13.1. The normalized spacial score (nSPS) is 18.7. The van der Waals surface area contributed by atoms with Crippen molar-refractivity contribution in [2.75, 3.05) is 25.7 Å². The predicted octanol–water partition coefficient (Wildman–Crippen LogP) is 1.98. The molecule has 1 fully saturated rings. The molecular weight excluding hydrogens is 250 g/mol. The van der Waals surface area contributed by atoms with Crippen LogP contribution in [0.25, 0.3) is 0 Å². The largest absolute Gasteiger partial charge is 0.504 e. The molecule has 0 aromatic heterocycles. The van der Waals surface area contributed by atoms with E-state index in [0.717, 1.165) is 17.9 Å². The Bertz CT molecular complexity index is 444. The van der Waals surface area contributed by atoms with E-state index in [1.165, 1.54) is 7.11 Å². The fourth-order valence-electron chi connectivity index (χ4n) is 2.04. The monoisotopic (exact) mass is 267 g/mol. The van der Waals surface area contributed by atoms with Crippen molar-refractivity contribution in [1.82, 2.24) is 4.90 Å². The Labute approximate surface area is 111 Å². The number of amides is 1. The van der Waals surface area contributed by atoms with Crippen LogP contribution in [-0.2, 0) is 0 Å². The van der Waals surface area contributed by atoms with Crippen molar-refractivity contribution in [3.63, 3.8) is 0 Å². The second kappa shape index (κ2) is 5.52. The summed E-state index contributed by atoms with van der Waals surface area (Å²) >= 11 is 1.85. The van der Waals surface area contributed by atoms with Crippen molar-refractivity contribution >= 4 is 17.7 Å². The third-order valence-electron chi connectivity index (χ3n) is 3.22. The average molecular weight is 267 g/mol. The molecule has 1 atom stereocenters. The molecule has 98 valence electrons. The second-order valence-electron chi connectivity index (χ2n) is 4.29. The van der Waals surface area contributed by atoms with E-state index in [9.17, 15) is 9.90 Å². The maximum Gasteiger partial charge on any atom is 0.257 e. The average Bonchev–Trinajstić information content (AvgIpc) is 2.91. The second-order valence-corrected chi connectivity index (χ2v) is 5.44. The first-order valence-electron chi connectivity index (χ1n) is 5.86. The van der Waals surface area contributed by atoms with Gasteiger partial charge in [0.25, 0.3) is 5.91 Å². The highest BCUT2D eigenvalue weighted by Gasteiger charge is 2.26. The summed E-state index contributed by atoms with van der Waals surface area (Å²) in [7, 11) is 3.26. The number of carbonyl (C=O) groups excluding carboxylic acids is 1. The van der Waals surface area contributed by atoms with Crippen molar-refractivity contribution in [2.24, 2.45) is 0 Å². The summed E-state index contributed by atoms with van der Waals surface area (Å²) in [5, 5.41) is 9.97. The molecule has 0 radical (unpaired) electrons. The molecule has 0 aliphatic carbocycles. The summed E-state index contributed by atoms with van der Waals surface area (Å²) < 4.78 is 5.02. The van der Waals surface area contributed by atoms with Gasteiger partial charge in [-0.1, -0.05) is 6.07 Å². The van der Waals surface area contributed by atoms with Crippen LogP contribution in [0, 0.1) is 0 Å². The highest BCUT2D eigenvalue weighted by atomic mass is 32.2. The molecule has 5 heteroatoms. The topological polar surface area (TPSA) is 49.8 Å². The van der Waals surface area contributed by atoms with Gasteiger partial charge in [-0.05, 0) is 24.3 Å². The Hall–Kier alpha value is -1.36. The van der Waals surface area contributed by atoms with Crippen LogP contribution in [-0.4, -0.2) is 47.6 Å². The summed E-state index contributed by atoms with van der Waals surface area (Å²) in [6.07, 6.45) is 1.01. The lowest BCUT2D eigenvalue weighted by Crippen LogP contribution is -2.37. The van der Waals surface area contributed by atoms with Gasteiger partial charge in [-0.3, -0.25) is 4.79 Å². The molecule has 18 heavy (non-hydrogen) atoms. The number of benzene rings is 1. The zero-order valence-corrected chi connectivity index (χ0v) is 11.4. The molecule has 1 saturated heterocycles.